The average molecular weight is 464 g/mol. The zero-order chi connectivity index (χ0) is 17.4. The topological polar surface area (TPSA) is 50.6 Å². The number of hydrogen-bond acceptors (Lipinski definition) is 2. The Kier molecular flexibility index (Phi) is 9.25. The molecule has 0 saturated carbocycles. The van der Waals surface area contributed by atoms with Crippen molar-refractivity contribution in [3.05, 3.63) is 53.9 Å². The molecule has 0 unspecified atom stereocenters. The first-order chi connectivity index (χ1) is 11.6. The van der Waals surface area contributed by atoms with Crippen LogP contribution in [0.3, 0.4) is 0 Å². The maximum absolute atomic E-state index is 13.1. The fraction of sp³-hybridized carbons (Fsp3) is 0.353. The van der Waals surface area contributed by atoms with Crippen LogP contribution in [0.2, 0.25) is 0 Å². The van der Waals surface area contributed by atoms with E-state index in [4.69, 9.17) is 4.74 Å². The van der Waals surface area contributed by atoms with Crippen LogP contribution in [0.1, 0.15) is 12.5 Å². The molecule has 2 N–H and O–H groups in total. The van der Waals surface area contributed by atoms with E-state index in [9.17, 15) is 8.78 Å². The Hall–Kier alpha value is -1.84. The highest BCUT2D eigenvalue weighted by Crippen LogP contribution is 2.14. The standard InChI is InChI=1S/C17H22F2N4O.HI/c1-3-20-17(22-11-13-6-8-23(2)12-13)21-7-9-24-14-4-5-15(18)16(19)10-14;/h4-6,8,10,12H,3,7,9,11H2,1-2H3,(H2,20,21,22);1H. The first-order valence-electron chi connectivity index (χ1n) is 7.79. The molecular weight excluding hydrogens is 441 g/mol. The summed E-state index contributed by atoms with van der Waals surface area (Å²) in [5, 5.41) is 6.28. The highest BCUT2D eigenvalue weighted by Gasteiger charge is 2.03. The number of hydrogen-bond donors (Lipinski definition) is 2. The van der Waals surface area contributed by atoms with Gasteiger partial charge in [0.05, 0.1) is 13.1 Å². The van der Waals surface area contributed by atoms with Crippen molar-refractivity contribution in [3.8, 4) is 5.75 Å². The minimum Gasteiger partial charge on any atom is -0.492 e. The number of nitrogens with one attached hydrogen (secondary N) is 2. The average Bonchev–Trinajstić information content (AvgIpc) is 2.98. The largest absolute Gasteiger partial charge is 0.492 e. The summed E-state index contributed by atoms with van der Waals surface area (Å²) in [6.45, 7) is 4.09. The van der Waals surface area contributed by atoms with Gasteiger partial charge < -0.3 is 19.9 Å². The SMILES string of the molecule is CCNC(=NCc1ccn(C)c1)NCCOc1ccc(F)c(F)c1.I. The van der Waals surface area contributed by atoms with Crippen molar-refractivity contribution < 1.29 is 13.5 Å². The van der Waals surface area contributed by atoms with Gasteiger partial charge in [-0.3, -0.25) is 0 Å². The Morgan fingerprint density at radius 2 is 2.00 bits per heavy atom. The predicted octanol–water partition coefficient (Wildman–Crippen LogP) is 3.06. The van der Waals surface area contributed by atoms with Crippen LogP contribution in [-0.4, -0.2) is 30.2 Å². The number of ether oxygens (including phenoxy) is 1. The van der Waals surface area contributed by atoms with Gasteiger partial charge in [-0.2, -0.15) is 0 Å². The van der Waals surface area contributed by atoms with Crippen molar-refractivity contribution >= 4 is 29.9 Å². The van der Waals surface area contributed by atoms with Crippen LogP contribution < -0.4 is 15.4 Å². The fourth-order valence-corrected chi connectivity index (χ4v) is 2.07. The molecule has 25 heavy (non-hydrogen) atoms. The van der Waals surface area contributed by atoms with Crippen molar-refractivity contribution in [2.45, 2.75) is 13.5 Å². The number of guanidine groups is 1. The quantitative estimate of drug-likeness (QED) is 0.287. The Bertz CT molecular complexity index is 691. The third kappa shape index (κ3) is 7.29. The van der Waals surface area contributed by atoms with Crippen LogP contribution in [0.15, 0.2) is 41.7 Å². The molecule has 5 nitrogen and oxygen atoms in total. The lowest BCUT2D eigenvalue weighted by Gasteiger charge is -2.12. The fourth-order valence-electron chi connectivity index (χ4n) is 2.07. The van der Waals surface area contributed by atoms with Crippen LogP contribution in [-0.2, 0) is 13.6 Å². The van der Waals surface area contributed by atoms with Crippen LogP contribution in [0, 0.1) is 11.6 Å². The molecule has 0 aliphatic carbocycles. The monoisotopic (exact) mass is 464 g/mol. The number of aromatic nitrogens is 1. The molecule has 0 aliphatic rings. The van der Waals surface area contributed by atoms with E-state index in [1.54, 1.807) is 0 Å². The minimum atomic E-state index is -0.918. The molecule has 2 rings (SSSR count). The number of benzene rings is 1. The van der Waals surface area contributed by atoms with Gasteiger partial charge in [0.2, 0.25) is 0 Å². The van der Waals surface area contributed by atoms with Gasteiger partial charge in [-0.1, -0.05) is 0 Å². The summed E-state index contributed by atoms with van der Waals surface area (Å²) >= 11 is 0. The molecule has 0 amide bonds. The molecule has 8 heteroatoms. The number of nitrogens with zero attached hydrogens (tertiary/aromatic N) is 2. The summed E-state index contributed by atoms with van der Waals surface area (Å²) < 4.78 is 33.3. The molecule has 0 bridgehead atoms. The Balaban J connectivity index is 0.00000312. The summed E-state index contributed by atoms with van der Waals surface area (Å²) in [4.78, 5) is 4.48. The van der Waals surface area contributed by atoms with E-state index < -0.39 is 11.6 Å². The van der Waals surface area contributed by atoms with Crippen molar-refractivity contribution in [1.82, 2.24) is 15.2 Å². The zero-order valence-corrected chi connectivity index (χ0v) is 16.6. The van der Waals surface area contributed by atoms with Gasteiger partial charge >= 0.3 is 0 Å². The minimum absolute atomic E-state index is 0. The molecule has 0 fully saturated rings. The highest BCUT2D eigenvalue weighted by molar-refractivity contribution is 14.0. The lowest BCUT2D eigenvalue weighted by Crippen LogP contribution is -2.39. The predicted molar refractivity (Wildman–Crippen MR) is 105 cm³/mol. The summed E-state index contributed by atoms with van der Waals surface area (Å²) in [5.41, 5.74) is 1.12. The number of rotatable bonds is 7. The second-order valence-electron chi connectivity index (χ2n) is 5.23. The highest BCUT2D eigenvalue weighted by atomic mass is 127. The Morgan fingerprint density at radius 1 is 1.20 bits per heavy atom. The summed E-state index contributed by atoms with van der Waals surface area (Å²) in [7, 11) is 1.96. The van der Waals surface area contributed by atoms with Gasteiger partial charge in [0.25, 0.3) is 0 Å². The van der Waals surface area contributed by atoms with Gasteiger partial charge in [-0.15, -0.1) is 24.0 Å². The third-order valence-corrected chi connectivity index (χ3v) is 3.21. The second-order valence-corrected chi connectivity index (χ2v) is 5.23. The molecule has 0 atom stereocenters. The van der Waals surface area contributed by atoms with E-state index in [0.717, 1.165) is 24.2 Å². The van der Waals surface area contributed by atoms with E-state index in [-0.39, 0.29) is 24.0 Å². The van der Waals surface area contributed by atoms with Crippen LogP contribution >= 0.6 is 24.0 Å². The Morgan fingerprint density at radius 3 is 2.64 bits per heavy atom. The number of aryl methyl sites for hydroxylation is 1. The van der Waals surface area contributed by atoms with Gasteiger partial charge in [-0.05, 0) is 30.7 Å². The number of halogens is 3. The summed E-state index contributed by atoms with van der Waals surface area (Å²) in [5.74, 6) is -0.835. The van der Waals surface area contributed by atoms with E-state index in [2.05, 4.69) is 15.6 Å². The van der Waals surface area contributed by atoms with Crippen LogP contribution in [0.25, 0.3) is 0 Å². The molecule has 1 aromatic carbocycles. The van der Waals surface area contributed by atoms with Crippen molar-refractivity contribution in [1.29, 1.82) is 0 Å². The van der Waals surface area contributed by atoms with Gasteiger partial charge in [0, 0.05) is 32.1 Å². The van der Waals surface area contributed by atoms with E-state index >= 15 is 0 Å². The molecule has 0 saturated heterocycles. The molecular formula is C17H23F2IN4O. The summed E-state index contributed by atoms with van der Waals surface area (Å²) in [6, 6.07) is 5.49. The van der Waals surface area contributed by atoms with Crippen molar-refractivity contribution in [3.63, 3.8) is 0 Å². The zero-order valence-electron chi connectivity index (χ0n) is 14.3. The van der Waals surface area contributed by atoms with E-state index in [1.165, 1.54) is 6.07 Å². The van der Waals surface area contributed by atoms with Crippen molar-refractivity contribution in [2.75, 3.05) is 19.7 Å². The van der Waals surface area contributed by atoms with Gasteiger partial charge in [-0.25, -0.2) is 13.8 Å². The molecule has 0 radical (unpaired) electrons. The normalized spacial score (nSPS) is 11.0. The molecule has 2 aromatic rings. The third-order valence-electron chi connectivity index (χ3n) is 3.21. The summed E-state index contributed by atoms with van der Waals surface area (Å²) in [6.07, 6.45) is 3.99. The first-order valence-corrected chi connectivity index (χ1v) is 7.79. The van der Waals surface area contributed by atoms with E-state index in [0.29, 0.717) is 31.4 Å². The lowest BCUT2D eigenvalue weighted by atomic mass is 10.3. The van der Waals surface area contributed by atoms with Crippen LogP contribution in [0.4, 0.5) is 8.78 Å². The second kappa shape index (κ2) is 10.9. The number of aliphatic imine (C=N–C) groups is 1. The van der Waals surface area contributed by atoms with Crippen molar-refractivity contribution in [2.24, 2.45) is 12.0 Å². The maximum Gasteiger partial charge on any atom is 0.191 e. The lowest BCUT2D eigenvalue weighted by molar-refractivity contribution is 0.318. The van der Waals surface area contributed by atoms with E-state index in [1.807, 2.05) is 37.0 Å². The first kappa shape index (κ1) is 21.2. The molecule has 1 aromatic heterocycles. The van der Waals surface area contributed by atoms with Gasteiger partial charge in [0.15, 0.2) is 17.6 Å². The smallest absolute Gasteiger partial charge is 0.191 e. The molecule has 0 spiro atoms. The van der Waals surface area contributed by atoms with Gasteiger partial charge in [0.1, 0.15) is 12.4 Å². The molecule has 138 valence electrons. The Labute approximate surface area is 163 Å². The molecule has 1 heterocycles. The maximum atomic E-state index is 13.1. The van der Waals surface area contributed by atoms with Crippen LogP contribution in [0.5, 0.6) is 5.75 Å². The molecule has 0 aliphatic heterocycles.